The van der Waals surface area contributed by atoms with Gasteiger partial charge in [0.15, 0.2) is 0 Å². The maximum absolute atomic E-state index is 13.1. The molecule has 0 radical (unpaired) electrons. The van der Waals surface area contributed by atoms with Crippen molar-refractivity contribution in [3.63, 3.8) is 0 Å². The molecule has 2 atom stereocenters. The van der Waals surface area contributed by atoms with Crippen molar-refractivity contribution in [3.8, 4) is 5.75 Å². The van der Waals surface area contributed by atoms with Crippen LogP contribution in [0.4, 0.5) is 0 Å². The number of carbonyl (C=O) groups is 2. The highest BCUT2D eigenvalue weighted by molar-refractivity contribution is 7.89. The van der Waals surface area contributed by atoms with E-state index >= 15 is 0 Å². The number of rotatable bonds is 10. The smallest absolute Gasteiger partial charge is 0.248 e. The average molecular weight is 539 g/mol. The van der Waals surface area contributed by atoms with Gasteiger partial charge in [0.2, 0.25) is 21.8 Å². The lowest BCUT2D eigenvalue weighted by Crippen LogP contribution is -2.52. The van der Waals surface area contributed by atoms with Gasteiger partial charge in [-0.2, -0.15) is 4.31 Å². The largest absolute Gasteiger partial charge is 0.497 e. The maximum Gasteiger partial charge on any atom is 0.248 e. The number of likely N-dealkylation sites (tertiary alicyclic amines) is 2. The number of benzene rings is 1. The monoisotopic (exact) mass is 538 g/mol. The van der Waals surface area contributed by atoms with Crippen LogP contribution >= 0.6 is 0 Å². The number of sulfonamides is 1. The lowest BCUT2D eigenvalue weighted by atomic mass is 10.0. The van der Waals surface area contributed by atoms with Crippen LogP contribution < -0.4 is 4.74 Å². The van der Waals surface area contributed by atoms with Crippen LogP contribution in [0.3, 0.4) is 0 Å². The molecule has 11 heteroatoms. The summed E-state index contributed by atoms with van der Waals surface area (Å²) in [6.45, 7) is 6.58. The van der Waals surface area contributed by atoms with Crippen LogP contribution in [0.2, 0.25) is 0 Å². The van der Waals surface area contributed by atoms with Gasteiger partial charge in [0, 0.05) is 46.3 Å². The van der Waals surface area contributed by atoms with E-state index in [0.29, 0.717) is 23.4 Å². The number of likely N-dealkylation sites (N-methyl/N-ethyl adjacent to an activating group) is 2. The highest BCUT2D eigenvalue weighted by Crippen LogP contribution is 2.27. The van der Waals surface area contributed by atoms with Gasteiger partial charge in [0.1, 0.15) is 12.4 Å². The summed E-state index contributed by atoms with van der Waals surface area (Å²) < 4.78 is 38.3. The van der Waals surface area contributed by atoms with Crippen LogP contribution in [0.1, 0.15) is 30.4 Å². The number of hydrogen-bond acceptors (Lipinski definition) is 7. The minimum Gasteiger partial charge on any atom is -0.497 e. The molecule has 37 heavy (non-hydrogen) atoms. The quantitative estimate of drug-likeness (QED) is 0.415. The van der Waals surface area contributed by atoms with Crippen molar-refractivity contribution in [3.05, 3.63) is 23.3 Å². The summed E-state index contributed by atoms with van der Waals surface area (Å²) in [7, 11) is 3.11. The van der Waals surface area contributed by atoms with Crippen molar-refractivity contribution >= 4 is 21.8 Å². The lowest BCUT2D eigenvalue weighted by molar-refractivity contribution is -0.143. The van der Waals surface area contributed by atoms with Gasteiger partial charge in [-0.3, -0.25) is 9.59 Å². The number of aryl methyl sites for hydroxylation is 2. The number of ether oxygens (including phenoxy) is 2. The SMILES string of the molecule is COc1cc(C)c(S(=O)(=O)N(C)CCOCC(=O)N(C)C2CCCN(C(=O)C3CCN(C)C3)C2)c(C)c1. The molecule has 10 nitrogen and oxygen atoms in total. The molecule has 0 spiro atoms. The maximum atomic E-state index is 13.1. The topological polar surface area (TPSA) is 99.7 Å². The van der Waals surface area contributed by atoms with Crippen LogP contribution in [0.5, 0.6) is 5.75 Å². The Morgan fingerprint density at radius 3 is 2.35 bits per heavy atom. The summed E-state index contributed by atoms with van der Waals surface area (Å²) in [6.07, 6.45) is 2.60. The average Bonchev–Trinajstić information content (AvgIpc) is 3.30. The number of nitrogens with zero attached hydrogens (tertiary/aromatic N) is 4. The molecule has 2 unspecified atom stereocenters. The fraction of sp³-hybridized carbons (Fsp3) is 0.692. The first-order chi connectivity index (χ1) is 17.4. The molecule has 1 aromatic carbocycles. The summed E-state index contributed by atoms with van der Waals surface area (Å²) in [4.78, 5) is 31.7. The molecule has 0 saturated carbocycles. The van der Waals surface area contributed by atoms with E-state index in [1.165, 1.54) is 11.4 Å². The number of amides is 2. The zero-order chi connectivity index (χ0) is 27.3. The Kier molecular flexibility index (Phi) is 9.96. The molecule has 2 aliphatic heterocycles. The highest BCUT2D eigenvalue weighted by Gasteiger charge is 2.34. The number of methoxy groups -OCH3 is 1. The molecule has 1 aromatic rings. The molecule has 3 rings (SSSR count). The van der Waals surface area contributed by atoms with Crippen molar-refractivity contribution in [2.24, 2.45) is 5.92 Å². The molecule has 208 valence electrons. The van der Waals surface area contributed by atoms with Gasteiger partial charge in [0.05, 0.1) is 24.5 Å². The van der Waals surface area contributed by atoms with Gasteiger partial charge < -0.3 is 24.2 Å². The van der Waals surface area contributed by atoms with Crippen molar-refractivity contribution in [1.82, 2.24) is 19.0 Å². The standard InChI is InChI=1S/C26H42N4O6S/c1-19-14-23(35-6)15-20(2)25(19)37(33,34)28(4)12-13-36-18-24(31)29(5)22-8-7-10-30(17-22)26(32)21-9-11-27(3)16-21/h14-15,21-22H,7-13,16-18H2,1-6H3. The molecule has 2 heterocycles. The molecular weight excluding hydrogens is 496 g/mol. The lowest BCUT2D eigenvalue weighted by Gasteiger charge is -2.38. The molecular formula is C26H42N4O6S. The Morgan fingerprint density at radius 2 is 1.76 bits per heavy atom. The van der Waals surface area contributed by atoms with Crippen molar-refractivity contribution in [2.75, 3.05) is 74.2 Å². The first-order valence-electron chi connectivity index (χ1n) is 12.9. The predicted octanol–water partition coefficient (Wildman–Crippen LogP) is 1.35. The Balaban J connectivity index is 1.47. The van der Waals surface area contributed by atoms with Crippen molar-refractivity contribution in [2.45, 2.75) is 44.0 Å². The Bertz CT molecular complexity index is 1060. The minimum atomic E-state index is -3.72. The van der Waals surface area contributed by atoms with Crippen molar-refractivity contribution in [1.29, 1.82) is 0 Å². The fourth-order valence-corrected chi connectivity index (χ4v) is 6.79. The normalized spacial score (nSPS) is 20.9. The van der Waals surface area contributed by atoms with E-state index in [-0.39, 0.29) is 48.4 Å². The van der Waals surface area contributed by atoms with E-state index < -0.39 is 10.0 Å². The van der Waals surface area contributed by atoms with Crippen LogP contribution in [0, 0.1) is 19.8 Å². The number of piperidine rings is 1. The molecule has 0 N–H and O–H groups in total. The Morgan fingerprint density at radius 1 is 1.08 bits per heavy atom. The molecule has 0 bridgehead atoms. The number of hydrogen-bond donors (Lipinski definition) is 0. The fourth-order valence-electron chi connectivity index (χ4n) is 5.24. The zero-order valence-corrected chi connectivity index (χ0v) is 23.8. The third-order valence-corrected chi connectivity index (χ3v) is 9.67. The van der Waals surface area contributed by atoms with Crippen LogP contribution in [-0.2, 0) is 24.3 Å². The second kappa shape index (κ2) is 12.6. The first-order valence-corrected chi connectivity index (χ1v) is 14.3. The van der Waals surface area contributed by atoms with E-state index in [4.69, 9.17) is 9.47 Å². The number of carbonyl (C=O) groups excluding carboxylic acids is 2. The van der Waals surface area contributed by atoms with E-state index in [1.54, 1.807) is 45.0 Å². The highest BCUT2D eigenvalue weighted by atomic mass is 32.2. The van der Waals surface area contributed by atoms with E-state index in [1.807, 2.05) is 11.9 Å². The third-order valence-electron chi connectivity index (χ3n) is 7.50. The van der Waals surface area contributed by atoms with Crippen LogP contribution in [0.25, 0.3) is 0 Å². The Labute approximate surface area is 221 Å². The molecule has 2 fully saturated rings. The first kappa shape index (κ1) is 29.3. The van der Waals surface area contributed by atoms with Gasteiger partial charge in [-0.05, 0) is 70.0 Å². The summed E-state index contributed by atoms with van der Waals surface area (Å²) in [6, 6.07) is 3.35. The summed E-state index contributed by atoms with van der Waals surface area (Å²) in [5, 5.41) is 0. The van der Waals surface area contributed by atoms with E-state index in [9.17, 15) is 18.0 Å². The molecule has 2 saturated heterocycles. The molecule has 2 aliphatic rings. The second-order valence-corrected chi connectivity index (χ2v) is 12.3. The zero-order valence-electron chi connectivity index (χ0n) is 23.0. The molecule has 2 amide bonds. The van der Waals surface area contributed by atoms with Gasteiger partial charge >= 0.3 is 0 Å². The van der Waals surface area contributed by atoms with Gasteiger partial charge in [0.25, 0.3) is 0 Å². The summed E-state index contributed by atoms with van der Waals surface area (Å²) >= 11 is 0. The van der Waals surface area contributed by atoms with Gasteiger partial charge in [-0.25, -0.2) is 8.42 Å². The molecule has 0 aromatic heterocycles. The second-order valence-electron chi connectivity index (χ2n) is 10.3. The third kappa shape index (κ3) is 7.01. The van der Waals surface area contributed by atoms with Crippen LogP contribution in [0.15, 0.2) is 17.0 Å². The summed E-state index contributed by atoms with van der Waals surface area (Å²) in [5.74, 6) is 0.677. The predicted molar refractivity (Wildman–Crippen MR) is 141 cm³/mol. The Hall–Kier alpha value is -2.21. The van der Waals surface area contributed by atoms with Crippen LogP contribution in [-0.4, -0.2) is 119 Å². The minimum absolute atomic E-state index is 0.0444. The van der Waals surface area contributed by atoms with Crippen molar-refractivity contribution < 1.29 is 27.5 Å². The van der Waals surface area contributed by atoms with E-state index in [0.717, 1.165) is 38.9 Å². The summed E-state index contributed by atoms with van der Waals surface area (Å²) in [5.41, 5.74) is 1.22. The van der Waals surface area contributed by atoms with Gasteiger partial charge in [-0.1, -0.05) is 0 Å². The molecule has 0 aliphatic carbocycles. The van der Waals surface area contributed by atoms with Gasteiger partial charge in [-0.15, -0.1) is 0 Å². The van der Waals surface area contributed by atoms with E-state index in [2.05, 4.69) is 4.90 Å².